The SMILES string of the molecule is COc1ccc(-c2cnn(C)c2)c(N=O)c1[N+](=O)[O-]. The zero-order valence-corrected chi connectivity index (χ0v) is 10.2. The van der Waals surface area contributed by atoms with Crippen LogP contribution in [0.1, 0.15) is 0 Å². The van der Waals surface area contributed by atoms with Gasteiger partial charge in [0.15, 0.2) is 11.4 Å². The van der Waals surface area contributed by atoms with Crippen LogP contribution in [0.3, 0.4) is 0 Å². The van der Waals surface area contributed by atoms with Gasteiger partial charge in [-0.25, -0.2) is 0 Å². The smallest absolute Gasteiger partial charge is 0.340 e. The maximum Gasteiger partial charge on any atom is 0.340 e. The van der Waals surface area contributed by atoms with Crippen LogP contribution in [0, 0.1) is 15.0 Å². The number of hydrogen-bond donors (Lipinski definition) is 0. The van der Waals surface area contributed by atoms with Gasteiger partial charge in [0.25, 0.3) is 0 Å². The molecule has 0 saturated carbocycles. The Morgan fingerprint density at radius 1 is 1.47 bits per heavy atom. The number of ether oxygens (including phenoxy) is 1. The lowest BCUT2D eigenvalue weighted by atomic mass is 10.1. The van der Waals surface area contributed by atoms with Gasteiger partial charge in [-0.1, -0.05) is 0 Å². The van der Waals surface area contributed by atoms with Crippen molar-refractivity contribution in [3.8, 4) is 16.9 Å². The maximum absolute atomic E-state index is 11.1. The Hall–Kier alpha value is -2.77. The summed E-state index contributed by atoms with van der Waals surface area (Å²) in [6.07, 6.45) is 3.14. The van der Waals surface area contributed by atoms with Crippen molar-refractivity contribution in [3.05, 3.63) is 39.5 Å². The Balaban J connectivity index is 2.73. The molecular weight excluding hydrogens is 252 g/mol. The lowest BCUT2D eigenvalue weighted by Crippen LogP contribution is -1.95. The van der Waals surface area contributed by atoms with Crippen molar-refractivity contribution in [1.29, 1.82) is 0 Å². The Bertz CT molecular complexity index is 650. The molecule has 0 aliphatic rings. The molecular formula is C11H10N4O4. The molecule has 0 spiro atoms. The number of nitro benzene ring substituents is 1. The second-order valence-electron chi connectivity index (χ2n) is 3.76. The van der Waals surface area contributed by atoms with E-state index >= 15 is 0 Å². The third-order valence-electron chi connectivity index (χ3n) is 2.62. The van der Waals surface area contributed by atoms with Crippen LogP contribution in [0.4, 0.5) is 11.4 Å². The highest BCUT2D eigenvalue weighted by Crippen LogP contribution is 2.43. The van der Waals surface area contributed by atoms with Crippen molar-refractivity contribution in [2.75, 3.05) is 7.11 Å². The number of aryl methyl sites for hydroxylation is 1. The van der Waals surface area contributed by atoms with Gasteiger partial charge >= 0.3 is 5.69 Å². The highest BCUT2D eigenvalue weighted by Gasteiger charge is 2.26. The number of hydrogen-bond acceptors (Lipinski definition) is 6. The molecule has 2 rings (SSSR count). The number of rotatable bonds is 4. The zero-order chi connectivity index (χ0) is 14.0. The summed E-state index contributed by atoms with van der Waals surface area (Å²) in [5, 5.41) is 17.8. The monoisotopic (exact) mass is 262 g/mol. The van der Waals surface area contributed by atoms with E-state index in [0.717, 1.165) is 0 Å². The van der Waals surface area contributed by atoms with Crippen molar-refractivity contribution in [2.45, 2.75) is 0 Å². The first-order valence-electron chi connectivity index (χ1n) is 5.26. The molecule has 1 aromatic carbocycles. The molecule has 1 aromatic heterocycles. The molecule has 8 heteroatoms. The molecule has 2 aromatic rings. The largest absolute Gasteiger partial charge is 0.490 e. The van der Waals surface area contributed by atoms with Crippen molar-refractivity contribution in [3.63, 3.8) is 0 Å². The molecule has 98 valence electrons. The topological polar surface area (TPSA) is 99.6 Å². The highest BCUT2D eigenvalue weighted by molar-refractivity contribution is 5.84. The van der Waals surface area contributed by atoms with Gasteiger partial charge in [0.05, 0.1) is 18.2 Å². The normalized spacial score (nSPS) is 10.2. The van der Waals surface area contributed by atoms with E-state index < -0.39 is 10.6 Å². The third kappa shape index (κ3) is 2.15. The molecule has 0 saturated heterocycles. The number of benzene rings is 1. The minimum absolute atomic E-state index is 0.00718. The van der Waals surface area contributed by atoms with Crippen LogP contribution >= 0.6 is 0 Å². The van der Waals surface area contributed by atoms with Crippen LogP contribution in [0.2, 0.25) is 0 Å². The molecule has 19 heavy (non-hydrogen) atoms. The summed E-state index contributed by atoms with van der Waals surface area (Å²) in [4.78, 5) is 21.3. The Morgan fingerprint density at radius 3 is 2.68 bits per heavy atom. The molecule has 0 bridgehead atoms. The fourth-order valence-electron chi connectivity index (χ4n) is 1.79. The third-order valence-corrected chi connectivity index (χ3v) is 2.62. The van der Waals surface area contributed by atoms with Crippen molar-refractivity contribution >= 4 is 11.4 Å². The van der Waals surface area contributed by atoms with Gasteiger partial charge in [-0.15, -0.1) is 4.91 Å². The van der Waals surface area contributed by atoms with E-state index in [0.29, 0.717) is 11.1 Å². The van der Waals surface area contributed by atoms with Crippen LogP contribution in [0.5, 0.6) is 5.75 Å². The quantitative estimate of drug-likeness (QED) is 0.478. The van der Waals surface area contributed by atoms with E-state index in [-0.39, 0.29) is 11.4 Å². The first kappa shape index (κ1) is 12.7. The van der Waals surface area contributed by atoms with E-state index in [1.807, 2.05) is 0 Å². The van der Waals surface area contributed by atoms with Crippen molar-refractivity contribution in [2.24, 2.45) is 12.2 Å². The standard InChI is InChI=1S/C11H10N4O4/c1-14-6-7(5-12-14)8-3-4-9(19-2)11(15(17)18)10(8)13-16/h3-6H,1-2H3. The van der Waals surface area contributed by atoms with Gasteiger partial charge in [0.2, 0.25) is 0 Å². The average molecular weight is 262 g/mol. The van der Waals surface area contributed by atoms with E-state index in [1.54, 1.807) is 19.3 Å². The van der Waals surface area contributed by atoms with Gasteiger partial charge < -0.3 is 4.74 Å². The Morgan fingerprint density at radius 2 is 2.21 bits per heavy atom. The number of methoxy groups -OCH3 is 1. The van der Waals surface area contributed by atoms with E-state index in [4.69, 9.17) is 4.74 Å². The van der Waals surface area contributed by atoms with Crippen LogP contribution in [0.25, 0.3) is 11.1 Å². The van der Waals surface area contributed by atoms with Crippen LogP contribution in [-0.4, -0.2) is 21.8 Å². The predicted molar refractivity (Wildman–Crippen MR) is 67.3 cm³/mol. The summed E-state index contributed by atoms with van der Waals surface area (Å²) < 4.78 is 6.41. The molecule has 0 atom stereocenters. The highest BCUT2D eigenvalue weighted by atomic mass is 16.6. The number of nitro groups is 1. The molecule has 0 N–H and O–H groups in total. The summed E-state index contributed by atoms with van der Waals surface area (Å²) in [7, 11) is 3.00. The van der Waals surface area contributed by atoms with Crippen LogP contribution < -0.4 is 4.74 Å². The molecule has 0 aliphatic heterocycles. The Labute approximate surface area is 107 Å². The molecule has 0 amide bonds. The minimum Gasteiger partial charge on any atom is -0.490 e. The van der Waals surface area contributed by atoms with Crippen LogP contribution in [-0.2, 0) is 7.05 Å². The first-order valence-corrected chi connectivity index (χ1v) is 5.26. The minimum atomic E-state index is -0.685. The second-order valence-corrected chi connectivity index (χ2v) is 3.76. The molecule has 0 aliphatic carbocycles. The van der Waals surface area contributed by atoms with E-state index in [2.05, 4.69) is 10.3 Å². The summed E-state index contributed by atoms with van der Waals surface area (Å²) in [6.45, 7) is 0. The molecule has 1 heterocycles. The average Bonchev–Trinajstić information content (AvgIpc) is 2.83. The maximum atomic E-state index is 11.1. The first-order chi connectivity index (χ1) is 9.08. The number of aromatic nitrogens is 2. The van der Waals surface area contributed by atoms with Gasteiger partial charge in [-0.3, -0.25) is 14.8 Å². The van der Waals surface area contributed by atoms with Gasteiger partial charge in [0, 0.05) is 24.4 Å². The van der Waals surface area contributed by atoms with Crippen molar-refractivity contribution < 1.29 is 9.66 Å². The van der Waals surface area contributed by atoms with Gasteiger partial charge in [-0.2, -0.15) is 5.10 Å². The fourth-order valence-corrected chi connectivity index (χ4v) is 1.79. The lowest BCUT2D eigenvalue weighted by molar-refractivity contribution is -0.384. The molecule has 8 nitrogen and oxygen atoms in total. The van der Waals surface area contributed by atoms with Crippen LogP contribution in [0.15, 0.2) is 29.7 Å². The molecule has 0 radical (unpaired) electrons. The number of nitrogens with zero attached hydrogens (tertiary/aromatic N) is 4. The summed E-state index contributed by atoms with van der Waals surface area (Å²) in [6, 6.07) is 2.97. The van der Waals surface area contributed by atoms with Gasteiger partial charge in [-0.05, 0) is 17.3 Å². The van der Waals surface area contributed by atoms with E-state index in [1.165, 1.54) is 24.1 Å². The fraction of sp³-hybridized carbons (Fsp3) is 0.182. The predicted octanol–water partition coefficient (Wildman–Crippen LogP) is 2.40. The van der Waals surface area contributed by atoms with Gasteiger partial charge in [0.1, 0.15) is 0 Å². The molecule has 0 unspecified atom stereocenters. The van der Waals surface area contributed by atoms with E-state index in [9.17, 15) is 15.0 Å². The Kier molecular flexibility index (Phi) is 3.23. The zero-order valence-electron chi connectivity index (χ0n) is 10.2. The van der Waals surface area contributed by atoms with Crippen molar-refractivity contribution in [1.82, 2.24) is 9.78 Å². The lowest BCUT2D eigenvalue weighted by Gasteiger charge is -2.06. The summed E-state index contributed by atoms with van der Waals surface area (Å²) in [5.74, 6) is -0.00718. The summed E-state index contributed by atoms with van der Waals surface area (Å²) >= 11 is 0. The second kappa shape index (κ2) is 4.84. The molecule has 0 fully saturated rings. The number of nitroso groups, excluding NO2 is 1. The summed E-state index contributed by atoms with van der Waals surface area (Å²) in [5.41, 5.74) is 0.203.